The molecule has 6 nitrogen and oxygen atoms in total. The van der Waals surface area contributed by atoms with Crippen LogP contribution in [0.4, 0.5) is 5.69 Å². The van der Waals surface area contributed by atoms with Crippen molar-refractivity contribution in [3.63, 3.8) is 0 Å². The van der Waals surface area contributed by atoms with Crippen LogP contribution >= 0.6 is 0 Å². The minimum Gasteiger partial charge on any atom is -0.328 e. The number of H-pyrrole nitrogens is 2. The fraction of sp³-hybridized carbons (Fsp3) is 0. The molecule has 0 radical (unpaired) electrons. The lowest BCUT2D eigenvalue weighted by molar-refractivity contribution is 0.102. The first kappa shape index (κ1) is 12.9. The second kappa shape index (κ2) is 5.46. The van der Waals surface area contributed by atoms with Gasteiger partial charge in [0, 0.05) is 18.1 Å². The highest BCUT2D eigenvalue weighted by Crippen LogP contribution is 2.19. The molecule has 1 amide bonds. The number of amides is 1. The summed E-state index contributed by atoms with van der Waals surface area (Å²) >= 11 is 0. The molecule has 0 saturated heterocycles. The van der Waals surface area contributed by atoms with E-state index in [2.05, 4.69) is 20.5 Å². The van der Waals surface area contributed by atoms with Crippen LogP contribution in [0.3, 0.4) is 0 Å². The molecule has 2 aromatic heterocycles. The first-order valence-corrected chi connectivity index (χ1v) is 6.33. The first-order valence-electron chi connectivity index (χ1n) is 6.33. The highest BCUT2D eigenvalue weighted by molar-refractivity contribution is 6.04. The third-order valence-corrected chi connectivity index (χ3v) is 3.02. The monoisotopic (exact) mass is 280 g/mol. The molecule has 104 valence electrons. The molecule has 1 aromatic carbocycles. The molecular weight excluding hydrogens is 268 g/mol. The topological polar surface area (TPSA) is 90.6 Å². The molecule has 21 heavy (non-hydrogen) atoms. The molecule has 0 bridgehead atoms. The molecule has 0 aliphatic rings. The number of anilines is 1. The van der Waals surface area contributed by atoms with Gasteiger partial charge in [0.1, 0.15) is 5.56 Å². The van der Waals surface area contributed by atoms with Crippen molar-refractivity contribution in [3.8, 4) is 11.3 Å². The van der Waals surface area contributed by atoms with E-state index >= 15 is 0 Å². The van der Waals surface area contributed by atoms with E-state index in [-0.39, 0.29) is 5.56 Å². The van der Waals surface area contributed by atoms with Crippen LogP contribution in [0, 0.1) is 0 Å². The van der Waals surface area contributed by atoms with Crippen LogP contribution < -0.4 is 10.9 Å². The third kappa shape index (κ3) is 2.74. The Morgan fingerprint density at radius 1 is 1.10 bits per heavy atom. The normalized spacial score (nSPS) is 10.3. The molecule has 0 fully saturated rings. The lowest BCUT2D eigenvalue weighted by Crippen LogP contribution is -2.22. The van der Waals surface area contributed by atoms with E-state index in [1.54, 1.807) is 24.4 Å². The van der Waals surface area contributed by atoms with Crippen molar-refractivity contribution in [2.45, 2.75) is 0 Å². The Hall–Kier alpha value is -3.15. The van der Waals surface area contributed by atoms with Crippen LogP contribution in [0.1, 0.15) is 10.4 Å². The number of hydrogen-bond acceptors (Lipinski definition) is 3. The van der Waals surface area contributed by atoms with Crippen LogP contribution in [-0.4, -0.2) is 21.1 Å². The molecule has 0 aliphatic heterocycles. The minimum atomic E-state index is -0.439. The van der Waals surface area contributed by atoms with Gasteiger partial charge in [-0.1, -0.05) is 12.1 Å². The van der Waals surface area contributed by atoms with E-state index in [0.717, 1.165) is 11.3 Å². The number of aromatic amines is 2. The van der Waals surface area contributed by atoms with Gasteiger partial charge in [0.2, 0.25) is 0 Å². The van der Waals surface area contributed by atoms with E-state index in [0.29, 0.717) is 5.69 Å². The van der Waals surface area contributed by atoms with Crippen LogP contribution in [0.15, 0.2) is 59.7 Å². The van der Waals surface area contributed by atoms with Crippen LogP contribution in [0.5, 0.6) is 0 Å². The molecule has 0 atom stereocenters. The van der Waals surface area contributed by atoms with Crippen molar-refractivity contribution in [2.75, 3.05) is 5.32 Å². The Bertz CT molecular complexity index is 804. The summed E-state index contributed by atoms with van der Waals surface area (Å²) in [5.74, 6) is -0.439. The van der Waals surface area contributed by atoms with Crippen LogP contribution in [0.2, 0.25) is 0 Å². The summed E-state index contributed by atoms with van der Waals surface area (Å²) in [5, 5.41) is 9.44. The molecule has 0 aliphatic carbocycles. The summed E-state index contributed by atoms with van der Waals surface area (Å²) in [5.41, 5.74) is 2.14. The zero-order valence-corrected chi connectivity index (χ0v) is 11.0. The number of carbonyl (C=O) groups is 1. The van der Waals surface area contributed by atoms with Gasteiger partial charge in [-0.2, -0.15) is 5.10 Å². The van der Waals surface area contributed by atoms with Gasteiger partial charge in [-0.15, -0.1) is 0 Å². The maximum absolute atomic E-state index is 12.0. The van der Waals surface area contributed by atoms with Crippen LogP contribution in [-0.2, 0) is 0 Å². The Kier molecular flexibility index (Phi) is 3.34. The predicted molar refractivity (Wildman–Crippen MR) is 79.0 cm³/mol. The number of aromatic nitrogens is 3. The molecule has 3 aromatic rings. The highest BCUT2D eigenvalue weighted by atomic mass is 16.2. The van der Waals surface area contributed by atoms with E-state index in [1.807, 2.05) is 18.2 Å². The summed E-state index contributed by atoms with van der Waals surface area (Å²) in [4.78, 5) is 26.0. The maximum atomic E-state index is 12.0. The zero-order valence-electron chi connectivity index (χ0n) is 11.0. The number of benzene rings is 1. The second-order valence-corrected chi connectivity index (χ2v) is 4.41. The Balaban J connectivity index is 1.78. The van der Waals surface area contributed by atoms with Gasteiger partial charge in [0.15, 0.2) is 0 Å². The van der Waals surface area contributed by atoms with Crippen molar-refractivity contribution in [1.29, 1.82) is 0 Å². The number of rotatable bonds is 3. The standard InChI is InChI=1S/C15H12N4O2/c20-14-12(2-1-8-16-14)15(21)18-11-5-3-10(4-6-11)13-7-9-17-19-13/h1-9H,(H,16,20)(H,17,19)(H,18,21). The molecule has 0 spiro atoms. The summed E-state index contributed by atoms with van der Waals surface area (Å²) in [6.45, 7) is 0. The SMILES string of the molecule is O=C(Nc1ccc(-c2ccn[nH]2)cc1)c1ccc[nH]c1=O. The fourth-order valence-electron chi connectivity index (χ4n) is 1.95. The van der Waals surface area contributed by atoms with Gasteiger partial charge in [0.25, 0.3) is 11.5 Å². The largest absolute Gasteiger partial charge is 0.328 e. The van der Waals surface area contributed by atoms with Crippen molar-refractivity contribution in [3.05, 3.63) is 70.8 Å². The van der Waals surface area contributed by atoms with Crippen LogP contribution in [0.25, 0.3) is 11.3 Å². The average Bonchev–Trinajstić information content (AvgIpc) is 3.02. The van der Waals surface area contributed by atoms with E-state index in [9.17, 15) is 9.59 Å². The van der Waals surface area contributed by atoms with E-state index < -0.39 is 11.5 Å². The van der Waals surface area contributed by atoms with Gasteiger partial charge in [0.05, 0.1) is 5.69 Å². The Labute approximate surface area is 119 Å². The molecule has 0 saturated carbocycles. The molecule has 3 N–H and O–H groups in total. The molecule has 6 heteroatoms. The summed E-state index contributed by atoms with van der Waals surface area (Å²) in [6.07, 6.45) is 3.16. The van der Waals surface area contributed by atoms with Gasteiger partial charge < -0.3 is 10.3 Å². The Morgan fingerprint density at radius 2 is 1.90 bits per heavy atom. The van der Waals surface area contributed by atoms with Gasteiger partial charge in [-0.25, -0.2) is 0 Å². The summed E-state index contributed by atoms with van der Waals surface area (Å²) < 4.78 is 0. The molecular formula is C15H12N4O2. The first-order chi connectivity index (χ1) is 10.2. The average molecular weight is 280 g/mol. The quantitative estimate of drug-likeness (QED) is 0.685. The van der Waals surface area contributed by atoms with Crippen molar-refractivity contribution >= 4 is 11.6 Å². The van der Waals surface area contributed by atoms with Gasteiger partial charge >= 0.3 is 0 Å². The lowest BCUT2D eigenvalue weighted by Gasteiger charge is -2.05. The highest BCUT2D eigenvalue weighted by Gasteiger charge is 2.09. The van der Waals surface area contributed by atoms with E-state index in [4.69, 9.17) is 0 Å². The smallest absolute Gasteiger partial charge is 0.261 e. The maximum Gasteiger partial charge on any atom is 0.261 e. The van der Waals surface area contributed by atoms with Gasteiger partial charge in [-0.3, -0.25) is 14.7 Å². The number of hydrogen-bond donors (Lipinski definition) is 3. The predicted octanol–water partition coefficient (Wildman–Crippen LogP) is 2.02. The second-order valence-electron chi connectivity index (χ2n) is 4.41. The number of nitrogens with one attached hydrogen (secondary N) is 3. The summed E-state index contributed by atoms with van der Waals surface area (Å²) in [6, 6.07) is 12.2. The number of carbonyl (C=O) groups excluding carboxylic acids is 1. The van der Waals surface area contributed by atoms with Gasteiger partial charge in [-0.05, 0) is 35.9 Å². The molecule has 2 heterocycles. The van der Waals surface area contributed by atoms with Crippen molar-refractivity contribution in [1.82, 2.24) is 15.2 Å². The minimum absolute atomic E-state index is 0.0788. The lowest BCUT2D eigenvalue weighted by atomic mass is 10.1. The number of nitrogens with zero attached hydrogens (tertiary/aromatic N) is 1. The Morgan fingerprint density at radius 3 is 2.57 bits per heavy atom. The van der Waals surface area contributed by atoms with Crippen molar-refractivity contribution in [2.24, 2.45) is 0 Å². The molecule has 0 unspecified atom stereocenters. The molecule has 3 rings (SSSR count). The fourth-order valence-corrected chi connectivity index (χ4v) is 1.95. The zero-order chi connectivity index (χ0) is 14.7. The summed E-state index contributed by atoms with van der Waals surface area (Å²) in [7, 11) is 0. The van der Waals surface area contributed by atoms with Crippen molar-refractivity contribution < 1.29 is 4.79 Å². The number of pyridine rings is 1. The van der Waals surface area contributed by atoms with E-state index in [1.165, 1.54) is 12.3 Å². The third-order valence-electron chi connectivity index (χ3n) is 3.02.